The molecule has 1 aromatic heterocycles. The van der Waals surface area contributed by atoms with E-state index < -0.39 is 0 Å². The van der Waals surface area contributed by atoms with Gasteiger partial charge in [-0.25, -0.2) is 0 Å². The second-order valence-electron chi connectivity index (χ2n) is 5.55. The molecule has 1 heterocycles. The summed E-state index contributed by atoms with van der Waals surface area (Å²) in [7, 11) is 4.37. The van der Waals surface area contributed by atoms with E-state index in [2.05, 4.69) is 42.3 Å². The molecule has 0 unspecified atom stereocenters. The first-order valence-corrected chi connectivity index (χ1v) is 6.82. The molecule has 0 radical (unpaired) electrons. The van der Waals surface area contributed by atoms with Crippen molar-refractivity contribution in [3.8, 4) is 0 Å². The van der Waals surface area contributed by atoms with Crippen LogP contribution in [0.25, 0.3) is 0 Å². The second-order valence-corrected chi connectivity index (χ2v) is 5.55. The van der Waals surface area contributed by atoms with E-state index in [9.17, 15) is 0 Å². The minimum absolute atomic E-state index is 0. The van der Waals surface area contributed by atoms with Crippen LogP contribution < -0.4 is 0 Å². The van der Waals surface area contributed by atoms with Crippen molar-refractivity contribution in [2.75, 3.05) is 20.6 Å². The molecular weight excluding hydrogens is 244 g/mol. The Balaban J connectivity index is 0.00000162. The predicted molar refractivity (Wildman–Crippen MR) is 79.4 cm³/mol. The lowest BCUT2D eigenvalue weighted by Gasteiger charge is -2.28. The predicted octanol–water partition coefficient (Wildman–Crippen LogP) is 3.73. The van der Waals surface area contributed by atoms with E-state index in [0.717, 1.165) is 5.92 Å². The number of hydrogen-bond acceptors (Lipinski definition) is 2. The lowest BCUT2D eigenvalue weighted by atomic mass is 9.83. The second kappa shape index (κ2) is 7.75. The van der Waals surface area contributed by atoms with Gasteiger partial charge in [0.15, 0.2) is 0 Å². The Morgan fingerprint density at radius 2 is 2.00 bits per heavy atom. The van der Waals surface area contributed by atoms with Gasteiger partial charge in [0.05, 0.1) is 0 Å². The third kappa shape index (κ3) is 4.25. The first-order valence-electron chi connectivity index (χ1n) is 6.82. The first-order chi connectivity index (χ1) is 8.27. The van der Waals surface area contributed by atoms with Crippen LogP contribution in [0, 0.1) is 5.92 Å². The molecule has 1 aromatic rings. The van der Waals surface area contributed by atoms with Crippen molar-refractivity contribution in [2.45, 2.75) is 38.0 Å². The maximum absolute atomic E-state index is 4.29. The average molecular weight is 269 g/mol. The van der Waals surface area contributed by atoms with Gasteiger partial charge in [-0.05, 0) is 50.4 Å². The Morgan fingerprint density at radius 3 is 2.67 bits per heavy atom. The number of rotatable bonds is 3. The van der Waals surface area contributed by atoms with Gasteiger partial charge in [-0.3, -0.25) is 4.98 Å². The Kier molecular flexibility index (Phi) is 6.66. The summed E-state index contributed by atoms with van der Waals surface area (Å²) in [6.45, 7) is 1.21. The van der Waals surface area contributed by atoms with Crippen molar-refractivity contribution in [3.05, 3.63) is 30.1 Å². The minimum Gasteiger partial charge on any atom is -0.309 e. The number of nitrogens with zero attached hydrogens (tertiary/aromatic N) is 2. The number of pyridine rings is 1. The van der Waals surface area contributed by atoms with Crippen LogP contribution in [-0.4, -0.2) is 30.5 Å². The summed E-state index contributed by atoms with van der Waals surface area (Å²) in [5.41, 5.74) is 1.45. The summed E-state index contributed by atoms with van der Waals surface area (Å²) in [6.07, 6.45) is 10.8. The summed E-state index contributed by atoms with van der Waals surface area (Å²) in [5, 5.41) is 0. The van der Waals surface area contributed by atoms with E-state index in [4.69, 9.17) is 0 Å². The third-order valence-corrected chi connectivity index (χ3v) is 3.87. The Bertz CT molecular complexity index is 327. The molecule has 1 saturated carbocycles. The summed E-state index contributed by atoms with van der Waals surface area (Å²) < 4.78 is 0. The van der Waals surface area contributed by atoms with Crippen molar-refractivity contribution in [1.29, 1.82) is 0 Å². The van der Waals surface area contributed by atoms with Gasteiger partial charge in [0.2, 0.25) is 0 Å². The van der Waals surface area contributed by atoms with Crippen LogP contribution in [0.2, 0.25) is 0 Å². The van der Waals surface area contributed by atoms with E-state index in [0.29, 0.717) is 5.92 Å². The Labute approximate surface area is 117 Å². The van der Waals surface area contributed by atoms with E-state index in [1.807, 2.05) is 6.20 Å². The van der Waals surface area contributed by atoms with E-state index in [1.54, 1.807) is 0 Å². The number of hydrogen-bond donors (Lipinski definition) is 0. The topological polar surface area (TPSA) is 16.1 Å². The molecule has 2 nitrogen and oxygen atoms in total. The van der Waals surface area contributed by atoms with Crippen LogP contribution >= 0.6 is 12.4 Å². The van der Waals surface area contributed by atoms with Crippen LogP contribution in [-0.2, 0) is 0 Å². The van der Waals surface area contributed by atoms with E-state index >= 15 is 0 Å². The van der Waals surface area contributed by atoms with Crippen LogP contribution in [0.15, 0.2) is 24.5 Å². The van der Waals surface area contributed by atoms with E-state index in [-0.39, 0.29) is 12.4 Å². The van der Waals surface area contributed by atoms with Gasteiger partial charge in [-0.2, -0.15) is 0 Å². The van der Waals surface area contributed by atoms with Crippen LogP contribution in [0.4, 0.5) is 0 Å². The summed E-state index contributed by atoms with van der Waals surface area (Å²) in [5.74, 6) is 1.52. The molecule has 2 atom stereocenters. The summed E-state index contributed by atoms with van der Waals surface area (Å²) >= 11 is 0. The van der Waals surface area contributed by atoms with Crippen molar-refractivity contribution in [1.82, 2.24) is 9.88 Å². The number of halogens is 1. The minimum atomic E-state index is 0. The molecule has 0 saturated heterocycles. The molecule has 0 aliphatic heterocycles. The molecule has 0 bridgehead atoms. The maximum Gasteiger partial charge on any atom is 0.0302 e. The quantitative estimate of drug-likeness (QED) is 0.777. The maximum atomic E-state index is 4.29. The average Bonchev–Trinajstić information content (AvgIpc) is 2.55. The summed E-state index contributed by atoms with van der Waals surface area (Å²) in [6, 6.07) is 4.33. The zero-order chi connectivity index (χ0) is 12.1. The molecule has 0 N–H and O–H groups in total. The van der Waals surface area contributed by atoms with Crippen molar-refractivity contribution >= 4 is 12.4 Å². The van der Waals surface area contributed by atoms with Gasteiger partial charge < -0.3 is 4.90 Å². The fraction of sp³-hybridized carbons (Fsp3) is 0.667. The summed E-state index contributed by atoms with van der Waals surface area (Å²) in [4.78, 5) is 6.62. The van der Waals surface area contributed by atoms with Crippen molar-refractivity contribution < 1.29 is 0 Å². The molecule has 0 aromatic carbocycles. The largest absolute Gasteiger partial charge is 0.309 e. The smallest absolute Gasteiger partial charge is 0.0302 e. The molecule has 1 fully saturated rings. The fourth-order valence-corrected chi connectivity index (χ4v) is 3.11. The van der Waals surface area contributed by atoms with Crippen molar-refractivity contribution in [3.63, 3.8) is 0 Å². The fourth-order valence-electron chi connectivity index (χ4n) is 3.11. The highest BCUT2D eigenvalue weighted by atomic mass is 35.5. The molecule has 0 spiro atoms. The van der Waals surface area contributed by atoms with Gasteiger partial charge in [-0.1, -0.05) is 25.3 Å². The number of aromatic nitrogens is 1. The van der Waals surface area contributed by atoms with Crippen LogP contribution in [0.5, 0.6) is 0 Å². The highest BCUT2D eigenvalue weighted by Crippen LogP contribution is 2.36. The van der Waals surface area contributed by atoms with Gasteiger partial charge in [0.1, 0.15) is 0 Å². The molecule has 3 heteroatoms. The molecule has 1 aliphatic carbocycles. The monoisotopic (exact) mass is 268 g/mol. The van der Waals surface area contributed by atoms with Crippen molar-refractivity contribution in [2.24, 2.45) is 5.92 Å². The molecular formula is C15H25ClN2. The standard InChI is InChI=1S/C15H24N2.ClH/c1-17(2)12-14-7-4-3-5-9-15(14)13-8-6-10-16-11-13;/h6,8,10-11,14-15H,3-5,7,9,12H2,1-2H3;1H/t14-,15-;/m0./s1. The van der Waals surface area contributed by atoms with Gasteiger partial charge in [-0.15, -0.1) is 12.4 Å². The van der Waals surface area contributed by atoms with Crippen LogP contribution in [0.1, 0.15) is 43.6 Å². The first kappa shape index (κ1) is 15.5. The molecule has 2 rings (SSSR count). The Hall–Kier alpha value is -0.600. The Morgan fingerprint density at radius 1 is 1.22 bits per heavy atom. The third-order valence-electron chi connectivity index (χ3n) is 3.87. The molecule has 1 aliphatic rings. The zero-order valence-electron chi connectivity index (χ0n) is 11.5. The van der Waals surface area contributed by atoms with Crippen LogP contribution in [0.3, 0.4) is 0 Å². The normalized spacial score (nSPS) is 24.4. The lowest BCUT2D eigenvalue weighted by Crippen LogP contribution is -2.26. The van der Waals surface area contributed by atoms with E-state index in [1.165, 1.54) is 44.2 Å². The van der Waals surface area contributed by atoms with Gasteiger partial charge in [0, 0.05) is 18.9 Å². The van der Waals surface area contributed by atoms with Gasteiger partial charge >= 0.3 is 0 Å². The highest BCUT2D eigenvalue weighted by molar-refractivity contribution is 5.85. The highest BCUT2D eigenvalue weighted by Gasteiger charge is 2.25. The molecule has 18 heavy (non-hydrogen) atoms. The van der Waals surface area contributed by atoms with Gasteiger partial charge in [0.25, 0.3) is 0 Å². The molecule has 0 amide bonds. The zero-order valence-corrected chi connectivity index (χ0v) is 12.3. The lowest BCUT2D eigenvalue weighted by molar-refractivity contribution is 0.277. The SMILES string of the molecule is CN(C)C[C@@H]1CCCCC[C@H]1c1cccnc1.Cl. The molecule has 102 valence electrons.